The van der Waals surface area contributed by atoms with Gasteiger partial charge in [0, 0.05) is 26.1 Å². The van der Waals surface area contributed by atoms with Crippen LogP contribution in [0.2, 0.25) is 0 Å². The number of carbonyl (C=O) groups excluding carboxylic acids is 1. The minimum atomic E-state index is -0.888. The molecule has 1 aromatic rings. The van der Waals surface area contributed by atoms with E-state index in [0.29, 0.717) is 12.5 Å². The van der Waals surface area contributed by atoms with Crippen molar-refractivity contribution in [2.45, 2.75) is 32.1 Å². The summed E-state index contributed by atoms with van der Waals surface area (Å²) < 4.78 is 0. The number of urea groups is 1. The summed E-state index contributed by atoms with van der Waals surface area (Å²) in [7, 11) is 1.63. The van der Waals surface area contributed by atoms with E-state index in [1.165, 1.54) is 16.0 Å². The minimum Gasteiger partial charge on any atom is -0.481 e. The number of carboxylic acid groups (broad SMARTS) is 1. The molecule has 0 saturated heterocycles. The molecule has 120 valence electrons. The van der Waals surface area contributed by atoms with Gasteiger partial charge in [-0.2, -0.15) is 0 Å². The van der Waals surface area contributed by atoms with Crippen LogP contribution in [0.5, 0.6) is 0 Å². The first kappa shape index (κ1) is 16.3. The molecule has 0 radical (unpaired) electrons. The van der Waals surface area contributed by atoms with Crippen LogP contribution < -0.4 is 5.32 Å². The Morgan fingerprint density at radius 2 is 2.14 bits per heavy atom. The molecular formula is C17H24N2O3. The Bertz CT molecular complexity index is 544. The molecule has 5 nitrogen and oxygen atoms in total. The summed E-state index contributed by atoms with van der Waals surface area (Å²) in [6, 6.07) is 8.18. The summed E-state index contributed by atoms with van der Waals surface area (Å²) in [4.78, 5) is 24.4. The van der Waals surface area contributed by atoms with Gasteiger partial charge in [-0.15, -0.1) is 0 Å². The molecule has 0 saturated carbocycles. The van der Waals surface area contributed by atoms with Gasteiger partial charge in [-0.05, 0) is 30.4 Å². The number of nitrogens with zero attached hydrogens (tertiary/aromatic N) is 1. The second-order valence-corrected chi connectivity index (χ2v) is 6.09. The monoisotopic (exact) mass is 304 g/mol. The molecule has 0 fully saturated rings. The topological polar surface area (TPSA) is 69.6 Å². The quantitative estimate of drug-likeness (QED) is 0.878. The molecule has 0 aliphatic heterocycles. The van der Waals surface area contributed by atoms with E-state index >= 15 is 0 Å². The predicted octanol–water partition coefficient (Wildman–Crippen LogP) is 2.47. The Kier molecular flexibility index (Phi) is 5.41. The van der Waals surface area contributed by atoms with Gasteiger partial charge in [-0.1, -0.05) is 31.2 Å². The number of carbonyl (C=O) groups is 2. The summed E-state index contributed by atoms with van der Waals surface area (Å²) in [5, 5.41) is 11.8. The van der Waals surface area contributed by atoms with Gasteiger partial charge >= 0.3 is 12.0 Å². The molecule has 1 aliphatic carbocycles. The van der Waals surface area contributed by atoms with Crippen LogP contribution in [0.1, 0.15) is 36.8 Å². The number of benzene rings is 1. The van der Waals surface area contributed by atoms with Crippen molar-refractivity contribution in [2.75, 3.05) is 20.1 Å². The van der Waals surface area contributed by atoms with Crippen LogP contribution in [0.15, 0.2) is 24.3 Å². The number of hydrogen-bond donors (Lipinski definition) is 2. The number of amides is 2. The highest BCUT2D eigenvalue weighted by atomic mass is 16.4. The summed E-state index contributed by atoms with van der Waals surface area (Å²) in [6.45, 7) is 2.41. The van der Waals surface area contributed by atoms with E-state index in [9.17, 15) is 9.59 Å². The predicted molar refractivity (Wildman–Crippen MR) is 84.9 cm³/mol. The standard InChI is InChI=1S/C17H24N2O3/c1-12(16(20)21)11-19(2)17(22)18-10-14-8-5-7-13-6-3-4-9-15(13)14/h3-4,6,9,12,14H,5,7-8,10-11H2,1-2H3,(H,18,22)(H,20,21). The number of hydrogen-bond acceptors (Lipinski definition) is 2. The number of nitrogens with one attached hydrogen (secondary N) is 1. The Morgan fingerprint density at radius 1 is 1.41 bits per heavy atom. The van der Waals surface area contributed by atoms with Crippen molar-refractivity contribution < 1.29 is 14.7 Å². The van der Waals surface area contributed by atoms with Crippen molar-refractivity contribution in [2.24, 2.45) is 5.92 Å². The maximum Gasteiger partial charge on any atom is 0.317 e. The van der Waals surface area contributed by atoms with Crippen molar-refractivity contribution in [3.05, 3.63) is 35.4 Å². The molecular weight excluding hydrogens is 280 g/mol. The molecule has 22 heavy (non-hydrogen) atoms. The summed E-state index contributed by atoms with van der Waals surface area (Å²) in [5.41, 5.74) is 2.71. The van der Waals surface area contributed by atoms with E-state index in [1.54, 1.807) is 14.0 Å². The lowest BCUT2D eigenvalue weighted by atomic mass is 9.83. The maximum atomic E-state index is 12.1. The molecule has 0 heterocycles. The Hall–Kier alpha value is -2.04. The van der Waals surface area contributed by atoms with E-state index in [-0.39, 0.29) is 12.6 Å². The average molecular weight is 304 g/mol. The highest BCUT2D eigenvalue weighted by molar-refractivity contribution is 5.75. The molecule has 2 amide bonds. The Labute approximate surface area is 131 Å². The average Bonchev–Trinajstić information content (AvgIpc) is 2.52. The van der Waals surface area contributed by atoms with Crippen molar-refractivity contribution in [1.29, 1.82) is 0 Å². The smallest absolute Gasteiger partial charge is 0.317 e. The number of rotatable bonds is 5. The highest BCUT2D eigenvalue weighted by Crippen LogP contribution is 2.30. The zero-order valence-electron chi connectivity index (χ0n) is 13.2. The molecule has 0 bridgehead atoms. The molecule has 2 atom stereocenters. The van der Waals surface area contributed by atoms with Crippen LogP contribution in [0.25, 0.3) is 0 Å². The van der Waals surface area contributed by atoms with Crippen LogP contribution in [-0.4, -0.2) is 42.1 Å². The zero-order chi connectivity index (χ0) is 16.1. The van der Waals surface area contributed by atoms with Crippen LogP contribution in [-0.2, 0) is 11.2 Å². The number of carboxylic acids is 1. The van der Waals surface area contributed by atoms with Gasteiger partial charge in [0.15, 0.2) is 0 Å². The van der Waals surface area contributed by atoms with Crippen molar-refractivity contribution in [3.63, 3.8) is 0 Å². The molecule has 2 rings (SSSR count). The minimum absolute atomic E-state index is 0.211. The summed E-state index contributed by atoms with van der Waals surface area (Å²) in [6.07, 6.45) is 3.33. The van der Waals surface area contributed by atoms with Crippen LogP contribution in [0.4, 0.5) is 4.79 Å². The van der Waals surface area contributed by atoms with E-state index in [0.717, 1.165) is 19.3 Å². The third kappa shape index (κ3) is 4.00. The first-order chi connectivity index (χ1) is 10.5. The van der Waals surface area contributed by atoms with E-state index < -0.39 is 11.9 Å². The first-order valence-electron chi connectivity index (χ1n) is 7.78. The molecule has 1 aromatic carbocycles. The maximum absolute atomic E-state index is 12.1. The van der Waals surface area contributed by atoms with Gasteiger partial charge in [0.2, 0.25) is 0 Å². The SMILES string of the molecule is CC(CN(C)C(=O)NCC1CCCc2ccccc21)C(=O)O. The molecule has 1 aliphatic rings. The van der Waals surface area contributed by atoms with E-state index in [1.807, 2.05) is 6.07 Å². The third-order valence-corrected chi connectivity index (χ3v) is 4.31. The Balaban J connectivity index is 1.88. The molecule has 2 N–H and O–H groups in total. The van der Waals surface area contributed by atoms with Gasteiger partial charge < -0.3 is 15.3 Å². The molecule has 2 unspecified atom stereocenters. The first-order valence-corrected chi connectivity index (χ1v) is 7.78. The van der Waals surface area contributed by atoms with Gasteiger partial charge in [0.1, 0.15) is 0 Å². The summed E-state index contributed by atoms with van der Waals surface area (Å²) in [5.74, 6) is -1.11. The van der Waals surface area contributed by atoms with Crippen molar-refractivity contribution >= 4 is 12.0 Å². The number of fused-ring (bicyclic) bond motifs is 1. The molecule has 0 aromatic heterocycles. The fourth-order valence-electron chi connectivity index (χ4n) is 2.98. The van der Waals surface area contributed by atoms with E-state index in [4.69, 9.17) is 5.11 Å². The zero-order valence-corrected chi connectivity index (χ0v) is 13.2. The van der Waals surface area contributed by atoms with Gasteiger partial charge in [0.25, 0.3) is 0 Å². The largest absolute Gasteiger partial charge is 0.481 e. The van der Waals surface area contributed by atoms with Crippen LogP contribution in [0.3, 0.4) is 0 Å². The number of aryl methyl sites for hydroxylation is 1. The van der Waals surface area contributed by atoms with Crippen LogP contribution >= 0.6 is 0 Å². The lowest BCUT2D eigenvalue weighted by Crippen LogP contribution is -2.42. The fraction of sp³-hybridized carbons (Fsp3) is 0.529. The van der Waals surface area contributed by atoms with Crippen molar-refractivity contribution in [1.82, 2.24) is 10.2 Å². The lowest BCUT2D eigenvalue weighted by Gasteiger charge is -2.27. The second-order valence-electron chi connectivity index (χ2n) is 6.09. The van der Waals surface area contributed by atoms with Gasteiger partial charge in [-0.3, -0.25) is 4.79 Å². The van der Waals surface area contributed by atoms with Gasteiger partial charge in [-0.25, -0.2) is 4.79 Å². The Morgan fingerprint density at radius 3 is 2.86 bits per heavy atom. The van der Waals surface area contributed by atoms with Gasteiger partial charge in [0.05, 0.1) is 5.92 Å². The fourth-order valence-corrected chi connectivity index (χ4v) is 2.98. The lowest BCUT2D eigenvalue weighted by molar-refractivity contribution is -0.141. The summed E-state index contributed by atoms with van der Waals surface area (Å²) >= 11 is 0. The van der Waals surface area contributed by atoms with E-state index in [2.05, 4.69) is 23.5 Å². The molecule has 0 spiro atoms. The highest BCUT2D eigenvalue weighted by Gasteiger charge is 2.22. The van der Waals surface area contributed by atoms with Crippen LogP contribution in [0, 0.1) is 5.92 Å². The molecule has 5 heteroatoms. The number of aliphatic carboxylic acids is 1. The normalized spacial score (nSPS) is 18.2. The van der Waals surface area contributed by atoms with Crippen molar-refractivity contribution in [3.8, 4) is 0 Å². The third-order valence-electron chi connectivity index (χ3n) is 4.31. The second kappa shape index (κ2) is 7.29.